The molecular weight excluding hydrogens is 535 g/mol. The fourth-order valence-corrected chi connectivity index (χ4v) is 5.41. The molecule has 2 aromatic carbocycles. The molecule has 3 aromatic rings. The smallest absolute Gasteiger partial charge is 0.303 e. The summed E-state index contributed by atoms with van der Waals surface area (Å²) < 4.78 is 80.2. The third kappa shape index (κ3) is 6.80. The van der Waals surface area contributed by atoms with E-state index in [1.807, 2.05) is 4.90 Å². The van der Waals surface area contributed by atoms with Crippen molar-refractivity contribution in [2.75, 3.05) is 33.4 Å². The van der Waals surface area contributed by atoms with Crippen molar-refractivity contribution in [1.82, 2.24) is 9.88 Å². The number of carboxylic acids is 1. The van der Waals surface area contributed by atoms with Crippen LogP contribution in [0.1, 0.15) is 49.4 Å². The van der Waals surface area contributed by atoms with E-state index in [1.165, 1.54) is 13.3 Å². The summed E-state index contributed by atoms with van der Waals surface area (Å²) in [5.41, 5.74) is 0.224. The van der Waals surface area contributed by atoms with E-state index in [-0.39, 0.29) is 36.3 Å². The molecule has 216 valence electrons. The maximum absolute atomic E-state index is 15.8. The van der Waals surface area contributed by atoms with Crippen molar-refractivity contribution in [3.63, 3.8) is 0 Å². The number of aromatic nitrogens is 1. The van der Waals surface area contributed by atoms with Gasteiger partial charge in [0.25, 0.3) is 0 Å². The number of fused-ring (bicyclic) bond motifs is 1. The second-order valence-electron chi connectivity index (χ2n) is 10.2. The number of halogens is 5. The Labute approximate surface area is 228 Å². The number of methoxy groups -OCH3 is 1. The minimum atomic E-state index is -1.56. The number of aliphatic carboxylic acids is 1. The number of hydrogen-bond acceptors (Lipinski definition) is 5. The quantitative estimate of drug-likeness (QED) is 0.198. The number of rotatable bonds is 12. The number of carboxylic acid groups (broad SMARTS) is 1. The van der Waals surface area contributed by atoms with Crippen LogP contribution >= 0.6 is 0 Å². The van der Waals surface area contributed by atoms with Gasteiger partial charge in [0.15, 0.2) is 17.5 Å². The topological polar surface area (TPSA) is 71.9 Å². The zero-order valence-electron chi connectivity index (χ0n) is 22.1. The molecule has 6 nitrogen and oxygen atoms in total. The Morgan fingerprint density at radius 2 is 1.82 bits per heavy atom. The Balaban J connectivity index is 1.40. The third-order valence-corrected chi connectivity index (χ3v) is 7.66. The van der Waals surface area contributed by atoms with Crippen LogP contribution in [0.25, 0.3) is 10.9 Å². The van der Waals surface area contributed by atoms with E-state index < -0.39 is 41.7 Å². The summed E-state index contributed by atoms with van der Waals surface area (Å²) in [6.45, 7) is 0.647. The van der Waals surface area contributed by atoms with Gasteiger partial charge in [-0.05, 0) is 62.4 Å². The van der Waals surface area contributed by atoms with Crippen molar-refractivity contribution in [2.45, 2.75) is 45.0 Å². The lowest BCUT2D eigenvalue weighted by Gasteiger charge is -2.41. The number of ether oxygens (including phenoxy) is 2. The Morgan fingerprint density at radius 3 is 2.45 bits per heavy atom. The Kier molecular flexibility index (Phi) is 9.44. The van der Waals surface area contributed by atoms with E-state index >= 15 is 4.39 Å². The summed E-state index contributed by atoms with van der Waals surface area (Å²) >= 11 is 0. The summed E-state index contributed by atoms with van der Waals surface area (Å²) in [6.07, 6.45) is 0.967. The van der Waals surface area contributed by atoms with Gasteiger partial charge in [-0.2, -0.15) is 0 Å². The Morgan fingerprint density at radius 1 is 1.12 bits per heavy atom. The van der Waals surface area contributed by atoms with Crippen molar-refractivity contribution in [1.29, 1.82) is 0 Å². The lowest BCUT2D eigenvalue weighted by Crippen LogP contribution is -2.42. The summed E-state index contributed by atoms with van der Waals surface area (Å²) in [6, 6.07) is 6.55. The van der Waals surface area contributed by atoms with E-state index in [2.05, 4.69) is 4.98 Å². The molecule has 0 spiro atoms. The lowest BCUT2D eigenvalue weighted by atomic mass is 9.71. The molecular formula is C29H31F5N2O4. The molecule has 1 N–H and O–H groups in total. The summed E-state index contributed by atoms with van der Waals surface area (Å²) in [7, 11) is 1.48. The fraction of sp³-hybridized carbons (Fsp3) is 0.448. The average Bonchev–Trinajstić information content (AvgIpc) is 2.94. The van der Waals surface area contributed by atoms with Gasteiger partial charge < -0.3 is 14.6 Å². The molecule has 0 radical (unpaired) electrons. The predicted molar refractivity (Wildman–Crippen MR) is 138 cm³/mol. The van der Waals surface area contributed by atoms with Gasteiger partial charge in [-0.25, -0.2) is 22.0 Å². The van der Waals surface area contributed by atoms with Crippen molar-refractivity contribution >= 4 is 16.9 Å². The van der Waals surface area contributed by atoms with Crippen molar-refractivity contribution in [2.24, 2.45) is 5.41 Å². The first-order chi connectivity index (χ1) is 19.1. The average molecular weight is 567 g/mol. The highest BCUT2D eigenvalue weighted by Gasteiger charge is 2.37. The van der Waals surface area contributed by atoms with Crippen LogP contribution in [0.5, 0.6) is 11.5 Å². The van der Waals surface area contributed by atoms with Crippen LogP contribution in [0.4, 0.5) is 22.0 Å². The highest BCUT2D eigenvalue weighted by Crippen LogP contribution is 2.43. The number of piperidine rings is 1. The molecule has 1 fully saturated rings. The lowest BCUT2D eigenvalue weighted by molar-refractivity contribution is -0.141. The molecule has 1 saturated heterocycles. The van der Waals surface area contributed by atoms with Crippen LogP contribution in [0, 0.1) is 22.9 Å². The first-order valence-corrected chi connectivity index (χ1v) is 13.0. The molecule has 0 unspecified atom stereocenters. The number of hydrogen-bond donors (Lipinski definition) is 1. The molecule has 40 heavy (non-hydrogen) atoms. The number of nitrogens with zero attached hydrogens (tertiary/aromatic N) is 2. The van der Waals surface area contributed by atoms with Crippen molar-refractivity contribution in [3.05, 3.63) is 65.1 Å². The Hall–Kier alpha value is -3.47. The van der Waals surface area contributed by atoms with Gasteiger partial charge in [-0.3, -0.25) is 14.7 Å². The standard InChI is InChI=1S/C29H31F5N2O4/c1-39-19-2-3-25-21(12-19)27(18(16-30)17-35-25)22(31)4-5-29(15-26(37)38)6-8-36(9-7-29)10-11-40-20-13-23(32)28(34)24(33)14-20/h2-3,12-14,17,22H,4-11,15-16H2,1H3,(H,37,38)/t22-/m0/s1. The summed E-state index contributed by atoms with van der Waals surface area (Å²) in [5.74, 6) is -4.85. The van der Waals surface area contributed by atoms with Crippen molar-refractivity contribution in [3.8, 4) is 11.5 Å². The van der Waals surface area contributed by atoms with E-state index in [9.17, 15) is 27.5 Å². The fourth-order valence-electron chi connectivity index (χ4n) is 5.41. The molecule has 0 aliphatic carbocycles. The van der Waals surface area contributed by atoms with Gasteiger partial charge in [-0.1, -0.05) is 0 Å². The largest absolute Gasteiger partial charge is 0.497 e. The maximum atomic E-state index is 15.8. The van der Waals surface area contributed by atoms with Crippen LogP contribution in [-0.4, -0.2) is 54.3 Å². The third-order valence-electron chi connectivity index (χ3n) is 7.66. The van der Waals surface area contributed by atoms with E-state index in [0.717, 1.165) is 12.1 Å². The van der Waals surface area contributed by atoms with Gasteiger partial charge in [0, 0.05) is 41.4 Å². The second kappa shape index (κ2) is 12.8. The minimum absolute atomic E-state index is 0.0153. The molecule has 1 atom stereocenters. The van der Waals surface area contributed by atoms with Crippen LogP contribution < -0.4 is 9.47 Å². The molecule has 0 bridgehead atoms. The number of benzene rings is 2. The number of likely N-dealkylation sites (tertiary alicyclic amines) is 1. The first-order valence-electron chi connectivity index (χ1n) is 13.0. The summed E-state index contributed by atoms with van der Waals surface area (Å²) in [4.78, 5) is 18.0. The van der Waals surface area contributed by atoms with Crippen LogP contribution in [-0.2, 0) is 11.5 Å². The molecule has 1 aliphatic rings. The first kappa shape index (κ1) is 29.5. The van der Waals surface area contributed by atoms with Gasteiger partial charge in [-0.15, -0.1) is 0 Å². The van der Waals surface area contributed by atoms with E-state index in [4.69, 9.17) is 9.47 Å². The number of carbonyl (C=O) groups is 1. The normalized spacial score (nSPS) is 16.1. The second-order valence-corrected chi connectivity index (χ2v) is 10.2. The minimum Gasteiger partial charge on any atom is -0.497 e. The molecule has 4 rings (SSSR count). The van der Waals surface area contributed by atoms with Gasteiger partial charge in [0.2, 0.25) is 0 Å². The van der Waals surface area contributed by atoms with Crippen LogP contribution in [0.3, 0.4) is 0 Å². The zero-order valence-corrected chi connectivity index (χ0v) is 22.1. The van der Waals surface area contributed by atoms with E-state index in [1.54, 1.807) is 18.2 Å². The zero-order chi connectivity index (χ0) is 28.9. The van der Waals surface area contributed by atoms with Gasteiger partial charge in [0.1, 0.15) is 31.0 Å². The van der Waals surface area contributed by atoms with Crippen molar-refractivity contribution < 1.29 is 41.3 Å². The van der Waals surface area contributed by atoms with Gasteiger partial charge >= 0.3 is 5.97 Å². The molecule has 0 saturated carbocycles. The highest BCUT2D eigenvalue weighted by molar-refractivity contribution is 5.85. The highest BCUT2D eigenvalue weighted by atomic mass is 19.2. The Bertz CT molecular complexity index is 1320. The van der Waals surface area contributed by atoms with Crippen LogP contribution in [0.2, 0.25) is 0 Å². The molecule has 0 amide bonds. The summed E-state index contributed by atoms with van der Waals surface area (Å²) in [5, 5.41) is 10.1. The molecule has 1 aromatic heterocycles. The monoisotopic (exact) mass is 566 g/mol. The number of alkyl halides is 2. The molecule has 2 heterocycles. The van der Waals surface area contributed by atoms with Crippen LogP contribution in [0.15, 0.2) is 36.5 Å². The maximum Gasteiger partial charge on any atom is 0.303 e. The van der Waals surface area contributed by atoms with Gasteiger partial charge in [0.05, 0.1) is 19.0 Å². The number of pyridine rings is 1. The van der Waals surface area contributed by atoms with E-state index in [0.29, 0.717) is 55.5 Å². The molecule has 1 aliphatic heterocycles. The predicted octanol–water partition coefficient (Wildman–Crippen LogP) is 6.56. The SMILES string of the molecule is COc1ccc2ncc(CF)c([C@@H](F)CCC3(CC(=O)O)CCN(CCOc4cc(F)c(F)c(F)c4)CC3)c2c1. The molecule has 11 heteroatoms.